The summed E-state index contributed by atoms with van der Waals surface area (Å²) in [6.07, 6.45) is 0.00141. The van der Waals surface area contributed by atoms with E-state index in [0.29, 0.717) is 42.0 Å². The maximum absolute atomic E-state index is 12.0. The predicted octanol–water partition coefficient (Wildman–Crippen LogP) is 2.01. The fourth-order valence-corrected chi connectivity index (χ4v) is 2.34. The molecule has 0 bridgehead atoms. The summed E-state index contributed by atoms with van der Waals surface area (Å²) >= 11 is 11.7. The van der Waals surface area contributed by atoms with E-state index in [-0.39, 0.29) is 24.4 Å². The summed E-state index contributed by atoms with van der Waals surface area (Å²) in [6, 6.07) is 5.00. The van der Waals surface area contributed by atoms with Crippen molar-refractivity contribution in [3.63, 3.8) is 0 Å². The molecule has 21 heavy (non-hydrogen) atoms. The minimum Gasteiger partial charge on any atom is -0.374 e. The van der Waals surface area contributed by atoms with Crippen molar-refractivity contribution in [1.29, 1.82) is 0 Å². The van der Waals surface area contributed by atoms with Gasteiger partial charge in [-0.2, -0.15) is 0 Å². The van der Waals surface area contributed by atoms with Crippen LogP contribution in [0.3, 0.4) is 0 Å². The van der Waals surface area contributed by atoms with E-state index < -0.39 is 0 Å². The van der Waals surface area contributed by atoms with Crippen molar-refractivity contribution in [1.82, 2.24) is 4.90 Å². The molecule has 1 fully saturated rings. The monoisotopic (exact) mass is 353 g/mol. The lowest BCUT2D eigenvalue weighted by Gasteiger charge is -2.31. The van der Waals surface area contributed by atoms with Crippen LogP contribution in [-0.4, -0.2) is 49.7 Å². The Labute approximate surface area is 140 Å². The van der Waals surface area contributed by atoms with Gasteiger partial charge in [-0.15, -0.1) is 12.4 Å². The third-order valence-corrected chi connectivity index (χ3v) is 3.80. The Morgan fingerprint density at radius 1 is 1.43 bits per heavy atom. The smallest absolute Gasteiger partial charge is 0.238 e. The van der Waals surface area contributed by atoms with E-state index in [1.165, 1.54) is 0 Å². The first-order chi connectivity index (χ1) is 9.58. The minimum absolute atomic E-state index is 0. The lowest BCUT2D eigenvalue weighted by molar-refractivity contribution is -0.119. The van der Waals surface area contributed by atoms with Crippen molar-refractivity contribution in [3.05, 3.63) is 28.2 Å². The van der Waals surface area contributed by atoms with Gasteiger partial charge in [0.25, 0.3) is 0 Å². The number of ether oxygens (including phenoxy) is 1. The number of carbonyl (C=O) groups excluding carboxylic acids is 1. The molecule has 0 radical (unpaired) electrons. The summed E-state index contributed by atoms with van der Waals surface area (Å²) in [5.74, 6) is -0.0962. The van der Waals surface area contributed by atoms with Crippen LogP contribution in [0.2, 0.25) is 10.0 Å². The van der Waals surface area contributed by atoms with Crippen molar-refractivity contribution < 1.29 is 9.53 Å². The number of amides is 1. The molecule has 1 aromatic carbocycles. The molecule has 3 N–H and O–H groups in total. The van der Waals surface area contributed by atoms with Crippen LogP contribution in [0.1, 0.15) is 0 Å². The fourth-order valence-electron chi connectivity index (χ4n) is 2.04. The molecule has 0 saturated carbocycles. The molecule has 0 aliphatic carbocycles. The highest BCUT2D eigenvalue weighted by Crippen LogP contribution is 2.24. The zero-order valence-electron chi connectivity index (χ0n) is 11.4. The number of benzene rings is 1. The molecule has 1 amide bonds. The number of morpholine rings is 1. The number of nitrogens with one attached hydrogen (secondary N) is 1. The van der Waals surface area contributed by atoms with Gasteiger partial charge in [-0.05, 0) is 18.2 Å². The molecule has 1 aromatic rings. The molecule has 0 spiro atoms. The highest BCUT2D eigenvalue weighted by atomic mass is 35.5. The Balaban J connectivity index is 0.00000220. The van der Waals surface area contributed by atoms with Crippen molar-refractivity contribution in [3.8, 4) is 0 Å². The number of anilines is 1. The van der Waals surface area contributed by atoms with E-state index in [2.05, 4.69) is 5.32 Å². The van der Waals surface area contributed by atoms with Crippen LogP contribution in [0.15, 0.2) is 18.2 Å². The van der Waals surface area contributed by atoms with Crippen molar-refractivity contribution in [2.45, 2.75) is 6.10 Å². The van der Waals surface area contributed by atoms with E-state index in [1.807, 2.05) is 4.90 Å². The van der Waals surface area contributed by atoms with Crippen molar-refractivity contribution in [2.75, 3.05) is 38.1 Å². The number of nitrogens with two attached hydrogens (primary N) is 1. The maximum atomic E-state index is 12.0. The Morgan fingerprint density at radius 2 is 2.19 bits per heavy atom. The van der Waals surface area contributed by atoms with Gasteiger partial charge >= 0.3 is 0 Å². The minimum atomic E-state index is -0.0962. The molecule has 1 saturated heterocycles. The van der Waals surface area contributed by atoms with E-state index in [1.54, 1.807) is 18.2 Å². The van der Waals surface area contributed by atoms with Gasteiger partial charge < -0.3 is 15.8 Å². The summed E-state index contributed by atoms with van der Waals surface area (Å²) in [7, 11) is 0. The Kier molecular flexibility index (Phi) is 7.73. The van der Waals surface area contributed by atoms with Gasteiger partial charge in [0.1, 0.15) is 0 Å². The number of hydrogen-bond acceptors (Lipinski definition) is 4. The normalized spacial score (nSPS) is 18.9. The van der Waals surface area contributed by atoms with Gasteiger partial charge in [0, 0.05) is 25.3 Å². The van der Waals surface area contributed by atoms with Crippen LogP contribution in [-0.2, 0) is 9.53 Å². The molecule has 1 heterocycles. The maximum Gasteiger partial charge on any atom is 0.238 e. The SMILES string of the molecule is Cl.NCC1CN(CC(=O)Nc2ccc(Cl)c(Cl)c2)CCO1. The zero-order chi connectivity index (χ0) is 14.5. The van der Waals surface area contributed by atoms with Crippen LogP contribution < -0.4 is 11.1 Å². The first-order valence-electron chi connectivity index (χ1n) is 6.37. The highest BCUT2D eigenvalue weighted by Gasteiger charge is 2.21. The topological polar surface area (TPSA) is 67.6 Å². The van der Waals surface area contributed by atoms with Crippen molar-refractivity contribution >= 4 is 47.2 Å². The molecule has 118 valence electrons. The van der Waals surface area contributed by atoms with Crippen LogP contribution in [0, 0.1) is 0 Å². The molecule has 1 aliphatic rings. The molecule has 2 rings (SSSR count). The standard InChI is InChI=1S/C13H17Cl2N3O2.ClH/c14-11-2-1-9(5-12(11)15)17-13(19)8-18-3-4-20-10(6-16)7-18;/h1-2,5,10H,3-4,6-8,16H2,(H,17,19);1H. The summed E-state index contributed by atoms with van der Waals surface area (Å²) in [6.45, 7) is 2.77. The lowest BCUT2D eigenvalue weighted by atomic mass is 10.2. The third-order valence-electron chi connectivity index (χ3n) is 3.06. The van der Waals surface area contributed by atoms with Crippen LogP contribution >= 0.6 is 35.6 Å². The summed E-state index contributed by atoms with van der Waals surface area (Å²) in [4.78, 5) is 14.0. The highest BCUT2D eigenvalue weighted by molar-refractivity contribution is 6.42. The van der Waals surface area contributed by atoms with Gasteiger partial charge in [-0.3, -0.25) is 9.69 Å². The number of hydrogen-bond donors (Lipinski definition) is 2. The zero-order valence-corrected chi connectivity index (χ0v) is 13.7. The molecule has 0 aromatic heterocycles. The second-order valence-electron chi connectivity index (χ2n) is 4.64. The average Bonchev–Trinajstić information content (AvgIpc) is 2.43. The molecular weight excluding hydrogens is 337 g/mol. The van der Waals surface area contributed by atoms with E-state index in [4.69, 9.17) is 33.7 Å². The molecule has 1 unspecified atom stereocenters. The largest absolute Gasteiger partial charge is 0.374 e. The van der Waals surface area contributed by atoms with E-state index in [0.717, 1.165) is 6.54 Å². The van der Waals surface area contributed by atoms with Gasteiger partial charge in [-0.1, -0.05) is 23.2 Å². The summed E-state index contributed by atoms with van der Waals surface area (Å²) in [5, 5.41) is 3.67. The fraction of sp³-hybridized carbons (Fsp3) is 0.462. The second kappa shape index (κ2) is 8.78. The molecule has 1 aliphatic heterocycles. The summed E-state index contributed by atoms with van der Waals surface area (Å²) in [5.41, 5.74) is 6.20. The first-order valence-corrected chi connectivity index (χ1v) is 7.13. The number of carbonyl (C=O) groups is 1. The number of rotatable bonds is 4. The first kappa shape index (κ1) is 18.5. The van der Waals surface area contributed by atoms with Crippen LogP contribution in [0.4, 0.5) is 5.69 Å². The van der Waals surface area contributed by atoms with Gasteiger partial charge in [0.2, 0.25) is 5.91 Å². The van der Waals surface area contributed by atoms with E-state index in [9.17, 15) is 4.79 Å². The second-order valence-corrected chi connectivity index (χ2v) is 5.46. The molecular formula is C13H18Cl3N3O2. The quantitative estimate of drug-likeness (QED) is 0.868. The van der Waals surface area contributed by atoms with Gasteiger partial charge in [0.05, 0.1) is 29.3 Å². The molecule has 5 nitrogen and oxygen atoms in total. The number of halogens is 3. The molecule has 8 heteroatoms. The lowest BCUT2D eigenvalue weighted by Crippen LogP contribution is -2.48. The van der Waals surface area contributed by atoms with E-state index >= 15 is 0 Å². The average molecular weight is 355 g/mol. The van der Waals surface area contributed by atoms with Gasteiger partial charge in [-0.25, -0.2) is 0 Å². The predicted molar refractivity (Wildman–Crippen MR) is 87.6 cm³/mol. The third kappa shape index (κ3) is 5.62. The summed E-state index contributed by atoms with van der Waals surface area (Å²) < 4.78 is 5.46. The molecule has 1 atom stereocenters. The van der Waals surface area contributed by atoms with Gasteiger partial charge in [0.15, 0.2) is 0 Å². The Hall–Kier alpha value is -0.560. The Bertz CT molecular complexity index is 488. The van der Waals surface area contributed by atoms with Crippen molar-refractivity contribution in [2.24, 2.45) is 5.73 Å². The number of nitrogens with zero attached hydrogens (tertiary/aromatic N) is 1. The van der Waals surface area contributed by atoms with Crippen LogP contribution in [0.25, 0.3) is 0 Å². The van der Waals surface area contributed by atoms with Crippen LogP contribution in [0.5, 0.6) is 0 Å². The Morgan fingerprint density at radius 3 is 2.86 bits per heavy atom.